The van der Waals surface area contributed by atoms with Gasteiger partial charge in [0.1, 0.15) is 5.82 Å². The molecule has 0 aliphatic rings. The Balaban J connectivity index is 3.03. The fraction of sp³-hybridized carbons (Fsp3) is 0.455. The molecule has 3 N–H and O–H groups in total. The van der Waals surface area contributed by atoms with Crippen LogP contribution < -0.4 is 5.73 Å². The third-order valence-corrected chi connectivity index (χ3v) is 2.38. The van der Waals surface area contributed by atoms with Gasteiger partial charge in [0.05, 0.1) is 12.1 Å². The van der Waals surface area contributed by atoms with Crippen molar-refractivity contribution in [1.29, 1.82) is 0 Å². The van der Waals surface area contributed by atoms with Crippen molar-refractivity contribution in [3.63, 3.8) is 0 Å². The number of aliphatic hydroxyl groups is 1. The Bertz CT molecular complexity index is 370. The van der Waals surface area contributed by atoms with Crippen LogP contribution in [0, 0.1) is 17.5 Å². The van der Waals surface area contributed by atoms with Gasteiger partial charge in [0.2, 0.25) is 0 Å². The second kappa shape index (κ2) is 5.32. The predicted octanol–water partition coefficient (Wildman–Crippen LogP) is 2.26. The molecule has 1 aromatic carbocycles. The lowest BCUT2D eigenvalue weighted by Gasteiger charge is -2.19. The van der Waals surface area contributed by atoms with Crippen molar-refractivity contribution in [2.45, 2.75) is 31.9 Å². The number of benzene rings is 1. The summed E-state index contributed by atoms with van der Waals surface area (Å²) in [6, 6.07) is 0.129. The molecule has 16 heavy (non-hydrogen) atoms. The maximum absolute atomic E-state index is 13.3. The summed E-state index contributed by atoms with van der Waals surface area (Å²) < 4.78 is 39.1. The van der Waals surface area contributed by atoms with Crippen LogP contribution in [0.4, 0.5) is 13.2 Å². The van der Waals surface area contributed by atoms with Gasteiger partial charge in [-0.25, -0.2) is 13.2 Å². The second-order valence-electron chi connectivity index (χ2n) is 3.67. The normalized spacial score (nSPS) is 14.9. The molecule has 0 amide bonds. The van der Waals surface area contributed by atoms with Crippen LogP contribution in [0.2, 0.25) is 0 Å². The van der Waals surface area contributed by atoms with Gasteiger partial charge in [-0.05, 0) is 12.5 Å². The van der Waals surface area contributed by atoms with Gasteiger partial charge < -0.3 is 10.8 Å². The summed E-state index contributed by atoms with van der Waals surface area (Å²) in [6.07, 6.45) is -0.0202. The van der Waals surface area contributed by atoms with Crippen LogP contribution in [-0.2, 0) is 0 Å². The van der Waals surface area contributed by atoms with E-state index in [4.69, 9.17) is 5.73 Å². The molecule has 0 aliphatic heterocycles. The van der Waals surface area contributed by atoms with Crippen LogP contribution in [0.1, 0.15) is 31.4 Å². The predicted molar refractivity (Wildman–Crippen MR) is 54.2 cm³/mol. The van der Waals surface area contributed by atoms with E-state index in [2.05, 4.69) is 0 Å². The summed E-state index contributed by atoms with van der Waals surface area (Å²) in [5.41, 5.74) is 5.21. The Kier molecular flexibility index (Phi) is 4.32. The largest absolute Gasteiger partial charge is 0.391 e. The average molecular weight is 233 g/mol. The standard InChI is InChI=1S/C11H14F3NO/c1-2-3-9(16)11(15)7-4-6(12)5-8(13)10(7)14/h4-5,9,11,16H,2-3,15H2,1H3/t9-,11+/m1/s1. The van der Waals surface area contributed by atoms with Crippen molar-refractivity contribution in [3.8, 4) is 0 Å². The Morgan fingerprint density at radius 1 is 1.31 bits per heavy atom. The highest BCUT2D eigenvalue weighted by molar-refractivity contribution is 5.24. The van der Waals surface area contributed by atoms with Gasteiger partial charge in [0.25, 0.3) is 0 Å². The van der Waals surface area contributed by atoms with E-state index in [0.717, 1.165) is 6.07 Å². The monoisotopic (exact) mass is 233 g/mol. The molecule has 0 bridgehead atoms. The minimum atomic E-state index is -1.30. The van der Waals surface area contributed by atoms with Crippen LogP contribution in [0.3, 0.4) is 0 Å². The van der Waals surface area contributed by atoms with Gasteiger partial charge in [0.15, 0.2) is 11.6 Å². The highest BCUT2D eigenvalue weighted by atomic mass is 19.2. The Labute approximate surface area is 91.9 Å². The summed E-state index contributed by atoms with van der Waals surface area (Å²) in [5, 5.41) is 9.54. The van der Waals surface area contributed by atoms with Crippen molar-refractivity contribution in [1.82, 2.24) is 0 Å². The fourth-order valence-corrected chi connectivity index (χ4v) is 1.50. The van der Waals surface area contributed by atoms with Gasteiger partial charge >= 0.3 is 0 Å². The molecule has 0 aliphatic carbocycles. The van der Waals surface area contributed by atoms with E-state index < -0.39 is 29.6 Å². The van der Waals surface area contributed by atoms with E-state index in [1.807, 2.05) is 6.92 Å². The minimum Gasteiger partial charge on any atom is -0.391 e. The average Bonchev–Trinajstić information content (AvgIpc) is 2.22. The summed E-state index contributed by atoms with van der Waals surface area (Å²) in [7, 11) is 0. The maximum atomic E-state index is 13.3. The smallest absolute Gasteiger partial charge is 0.163 e. The number of nitrogens with two attached hydrogens (primary N) is 1. The van der Waals surface area contributed by atoms with Crippen LogP contribution in [0.25, 0.3) is 0 Å². The van der Waals surface area contributed by atoms with Crippen LogP contribution in [-0.4, -0.2) is 11.2 Å². The highest BCUT2D eigenvalue weighted by Gasteiger charge is 2.22. The molecule has 5 heteroatoms. The van der Waals surface area contributed by atoms with Gasteiger partial charge in [-0.3, -0.25) is 0 Å². The molecule has 1 aromatic rings. The maximum Gasteiger partial charge on any atom is 0.163 e. The van der Waals surface area contributed by atoms with E-state index in [1.165, 1.54) is 0 Å². The molecular weight excluding hydrogens is 219 g/mol. The molecule has 0 saturated heterocycles. The number of aliphatic hydroxyl groups excluding tert-OH is 1. The van der Waals surface area contributed by atoms with E-state index >= 15 is 0 Å². The molecule has 90 valence electrons. The van der Waals surface area contributed by atoms with Crippen molar-refractivity contribution < 1.29 is 18.3 Å². The molecule has 0 saturated carbocycles. The summed E-state index contributed by atoms with van der Waals surface area (Å²) in [5.74, 6) is -3.41. The minimum absolute atomic E-state index is 0.335. The topological polar surface area (TPSA) is 46.2 Å². The first-order valence-corrected chi connectivity index (χ1v) is 5.05. The first kappa shape index (κ1) is 13.0. The molecule has 0 radical (unpaired) electrons. The number of rotatable bonds is 4. The number of halogens is 3. The van der Waals surface area contributed by atoms with Gasteiger partial charge in [-0.2, -0.15) is 0 Å². The van der Waals surface area contributed by atoms with Crippen molar-refractivity contribution in [2.24, 2.45) is 5.73 Å². The molecule has 2 atom stereocenters. The third-order valence-electron chi connectivity index (χ3n) is 2.38. The van der Waals surface area contributed by atoms with Gasteiger partial charge in [-0.1, -0.05) is 13.3 Å². The van der Waals surface area contributed by atoms with Crippen LogP contribution in [0.15, 0.2) is 12.1 Å². The van der Waals surface area contributed by atoms with E-state index in [0.29, 0.717) is 18.9 Å². The second-order valence-corrected chi connectivity index (χ2v) is 3.67. The number of hydrogen-bond acceptors (Lipinski definition) is 2. The van der Waals surface area contributed by atoms with Gasteiger partial charge in [-0.15, -0.1) is 0 Å². The zero-order valence-electron chi connectivity index (χ0n) is 8.88. The van der Waals surface area contributed by atoms with Gasteiger partial charge in [0, 0.05) is 11.6 Å². The third kappa shape index (κ3) is 2.74. The molecule has 2 nitrogen and oxygen atoms in total. The van der Waals surface area contributed by atoms with Crippen molar-refractivity contribution >= 4 is 0 Å². The molecule has 1 rings (SSSR count). The summed E-state index contributed by atoms with van der Waals surface area (Å²) in [6.45, 7) is 1.82. The Morgan fingerprint density at radius 3 is 2.50 bits per heavy atom. The Hall–Kier alpha value is -1.07. The Morgan fingerprint density at radius 2 is 1.94 bits per heavy atom. The van der Waals surface area contributed by atoms with E-state index in [1.54, 1.807) is 0 Å². The molecule has 0 aromatic heterocycles. The molecule has 0 unspecified atom stereocenters. The lowest BCUT2D eigenvalue weighted by atomic mass is 9.98. The SMILES string of the molecule is CCC[C@@H](O)[C@@H](N)c1cc(F)cc(F)c1F. The van der Waals surface area contributed by atoms with Crippen LogP contribution in [0.5, 0.6) is 0 Å². The molecule has 0 fully saturated rings. The van der Waals surface area contributed by atoms with Crippen molar-refractivity contribution in [3.05, 3.63) is 35.1 Å². The molecule has 0 spiro atoms. The van der Waals surface area contributed by atoms with Crippen LogP contribution >= 0.6 is 0 Å². The number of hydrogen-bond donors (Lipinski definition) is 2. The summed E-state index contributed by atoms with van der Waals surface area (Å²) >= 11 is 0. The molecular formula is C11H14F3NO. The zero-order valence-corrected chi connectivity index (χ0v) is 8.88. The zero-order chi connectivity index (χ0) is 12.3. The van der Waals surface area contributed by atoms with E-state index in [-0.39, 0.29) is 5.56 Å². The lowest BCUT2D eigenvalue weighted by molar-refractivity contribution is 0.132. The first-order valence-electron chi connectivity index (χ1n) is 5.05. The molecule has 0 heterocycles. The summed E-state index contributed by atoms with van der Waals surface area (Å²) in [4.78, 5) is 0. The van der Waals surface area contributed by atoms with E-state index in [9.17, 15) is 18.3 Å². The van der Waals surface area contributed by atoms with Crippen molar-refractivity contribution in [2.75, 3.05) is 0 Å². The first-order chi connectivity index (χ1) is 7.47. The quantitative estimate of drug-likeness (QED) is 0.783. The highest BCUT2D eigenvalue weighted by Crippen LogP contribution is 2.23. The lowest BCUT2D eigenvalue weighted by Crippen LogP contribution is -2.27. The fourth-order valence-electron chi connectivity index (χ4n) is 1.50.